The van der Waals surface area contributed by atoms with Crippen LogP contribution >= 0.6 is 15.9 Å². The Hall–Kier alpha value is -1.07. The number of rotatable bonds is 4. The Bertz CT molecular complexity index is 493. The van der Waals surface area contributed by atoms with E-state index in [1.807, 2.05) is 30.9 Å². The molecular formula is C15H21BrN2O2. The number of aliphatic hydroxyl groups is 1. The van der Waals surface area contributed by atoms with Crippen molar-refractivity contribution in [3.8, 4) is 0 Å². The smallest absolute Gasteiger partial charge is 0.228 e. The van der Waals surface area contributed by atoms with Crippen LogP contribution in [0.5, 0.6) is 0 Å². The van der Waals surface area contributed by atoms with Gasteiger partial charge in [0, 0.05) is 37.1 Å². The van der Waals surface area contributed by atoms with Crippen LogP contribution < -0.4 is 9.80 Å². The molecule has 0 aromatic heterocycles. The zero-order chi connectivity index (χ0) is 14.7. The van der Waals surface area contributed by atoms with Gasteiger partial charge < -0.3 is 14.9 Å². The monoisotopic (exact) mass is 340 g/mol. The molecule has 1 atom stereocenters. The van der Waals surface area contributed by atoms with E-state index in [0.717, 1.165) is 22.4 Å². The average molecular weight is 341 g/mol. The molecule has 1 amide bonds. The third kappa shape index (κ3) is 3.15. The van der Waals surface area contributed by atoms with E-state index in [2.05, 4.69) is 26.9 Å². The molecule has 1 unspecified atom stereocenters. The first-order valence-electron chi connectivity index (χ1n) is 7.02. The van der Waals surface area contributed by atoms with E-state index in [1.165, 1.54) is 0 Å². The standard InChI is InChI=1S/C15H21BrN2O2/c1-3-18-13-5-4-12(16)8-14(13)17(7-6-15(18)20)9-11(2)10-19/h4-5,8,11,19H,3,6-7,9-10H2,1-2H3. The highest BCUT2D eigenvalue weighted by molar-refractivity contribution is 9.10. The molecule has 0 spiro atoms. The van der Waals surface area contributed by atoms with Crippen molar-refractivity contribution in [3.63, 3.8) is 0 Å². The Kier molecular flexibility index (Phi) is 5.05. The van der Waals surface area contributed by atoms with Gasteiger partial charge in [0.15, 0.2) is 0 Å². The van der Waals surface area contributed by atoms with Crippen LogP contribution in [0.2, 0.25) is 0 Å². The third-order valence-corrected chi connectivity index (χ3v) is 4.12. The van der Waals surface area contributed by atoms with E-state index in [4.69, 9.17) is 0 Å². The highest BCUT2D eigenvalue weighted by Gasteiger charge is 2.25. The van der Waals surface area contributed by atoms with Gasteiger partial charge in [0.05, 0.1) is 11.4 Å². The molecule has 0 radical (unpaired) electrons. The van der Waals surface area contributed by atoms with Gasteiger partial charge in [0.2, 0.25) is 5.91 Å². The normalized spacial score (nSPS) is 16.9. The number of carbonyl (C=O) groups is 1. The summed E-state index contributed by atoms with van der Waals surface area (Å²) < 4.78 is 1.00. The summed E-state index contributed by atoms with van der Waals surface area (Å²) in [6.45, 7) is 6.30. The average Bonchev–Trinajstić information content (AvgIpc) is 2.56. The second-order valence-corrected chi connectivity index (χ2v) is 6.17. The van der Waals surface area contributed by atoms with E-state index < -0.39 is 0 Å². The molecule has 0 aliphatic carbocycles. The maximum Gasteiger partial charge on any atom is 0.228 e. The number of halogens is 1. The zero-order valence-corrected chi connectivity index (χ0v) is 13.6. The van der Waals surface area contributed by atoms with Crippen LogP contribution in [0, 0.1) is 5.92 Å². The first-order chi connectivity index (χ1) is 9.56. The van der Waals surface area contributed by atoms with E-state index in [9.17, 15) is 9.90 Å². The number of nitrogens with zero attached hydrogens (tertiary/aromatic N) is 2. The van der Waals surface area contributed by atoms with Gasteiger partial charge in [-0.2, -0.15) is 0 Å². The summed E-state index contributed by atoms with van der Waals surface area (Å²) >= 11 is 3.50. The van der Waals surface area contributed by atoms with Crippen molar-refractivity contribution in [2.75, 3.05) is 36.0 Å². The molecule has 4 nitrogen and oxygen atoms in total. The molecule has 0 fully saturated rings. The van der Waals surface area contributed by atoms with Crippen molar-refractivity contribution >= 4 is 33.2 Å². The molecule has 2 rings (SSSR count). The number of fused-ring (bicyclic) bond motifs is 1. The summed E-state index contributed by atoms with van der Waals surface area (Å²) in [6, 6.07) is 6.01. The minimum atomic E-state index is 0.158. The van der Waals surface area contributed by atoms with Crippen molar-refractivity contribution in [2.45, 2.75) is 20.3 Å². The fourth-order valence-electron chi connectivity index (χ4n) is 2.57. The first-order valence-corrected chi connectivity index (χ1v) is 7.81. The van der Waals surface area contributed by atoms with E-state index in [0.29, 0.717) is 19.5 Å². The van der Waals surface area contributed by atoms with Crippen LogP contribution in [0.1, 0.15) is 20.3 Å². The maximum absolute atomic E-state index is 12.2. The van der Waals surface area contributed by atoms with Crippen LogP contribution in [0.25, 0.3) is 0 Å². The van der Waals surface area contributed by atoms with Gasteiger partial charge in [-0.05, 0) is 31.0 Å². The van der Waals surface area contributed by atoms with Gasteiger partial charge >= 0.3 is 0 Å². The number of hydrogen-bond acceptors (Lipinski definition) is 3. The number of benzene rings is 1. The Morgan fingerprint density at radius 2 is 2.15 bits per heavy atom. The number of anilines is 2. The second-order valence-electron chi connectivity index (χ2n) is 5.25. The van der Waals surface area contributed by atoms with Crippen LogP contribution in [0.15, 0.2) is 22.7 Å². The quantitative estimate of drug-likeness (QED) is 0.916. The number of aliphatic hydroxyl groups excluding tert-OH is 1. The lowest BCUT2D eigenvalue weighted by atomic mass is 10.1. The Morgan fingerprint density at radius 1 is 1.40 bits per heavy atom. The van der Waals surface area contributed by atoms with Crippen molar-refractivity contribution in [3.05, 3.63) is 22.7 Å². The fraction of sp³-hybridized carbons (Fsp3) is 0.533. The van der Waals surface area contributed by atoms with Gasteiger partial charge in [-0.1, -0.05) is 22.9 Å². The molecule has 5 heteroatoms. The lowest BCUT2D eigenvalue weighted by Crippen LogP contribution is -2.31. The minimum absolute atomic E-state index is 0.158. The van der Waals surface area contributed by atoms with E-state index in [-0.39, 0.29) is 18.4 Å². The van der Waals surface area contributed by atoms with Gasteiger partial charge in [0.25, 0.3) is 0 Å². The van der Waals surface area contributed by atoms with Crippen LogP contribution in [0.3, 0.4) is 0 Å². The van der Waals surface area contributed by atoms with Gasteiger partial charge in [-0.15, -0.1) is 0 Å². The molecule has 0 bridgehead atoms. The molecule has 0 saturated carbocycles. The number of hydrogen-bond donors (Lipinski definition) is 1. The molecular weight excluding hydrogens is 320 g/mol. The molecule has 110 valence electrons. The van der Waals surface area contributed by atoms with E-state index >= 15 is 0 Å². The van der Waals surface area contributed by atoms with Crippen molar-refractivity contribution in [2.24, 2.45) is 5.92 Å². The summed E-state index contributed by atoms with van der Waals surface area (Å²) in [5.74, 6) is 0.348. The van der Waals surface area contributed by atoms with Crippen LogP contribution in [-0.4, -0.2) is 37.3 Å². The number of carbonyl (C=O) groups excluding carboxylic acids is 1. The summed E-state index contributed by atoms with van der Waals surface area (Å²) in [7, 11) is 0. The largest absolute Gasteiger partial charge is 0.396 e. The zero-order valence-electron chi connectivity index (χ0n) is 12.0. The summed E-state index contributed by atoms with van der Waals surface area (Å²) in [4.78, 5) is 16.3. The van der Waals surface area contributed by atoms with Crippen molar-refractivity contribution < 1.29 is 9.90 Å². The lowest BCUT2D eigenvalue weighted by Gasteiger charge is -2.28. The Balaban J connectivity index is 2.42. The lowest BCUT2D eigenvalue weighted by molar-refractivity contribution is -0.118. The van der Waals surface area contributed by atoms with Crippen LogP contribution in [0.4, 0.5) is 11.4 Å². The van der Waals surface area contributed by atoms with E-state index in [1.54, 1.807) is 0 Å². The molecule has 1 aliphatic rings. The Labute approximate surface area is 128 Å². The molecule has 1 heterocycles. The van der Waals surface area contributed by atoms with Crippen molar-refractivity contribution in [1.82, 2.24) is 0 Å². The molecule has 1 aliphatic heterocycles. The summed E-state index contributed by atoms with van der Waals surface area (Å²) in [5, 5.41) is 9.28. The third-order valence-electron chi connectivity index (χ3n) is 3.63. The predicted molar refractivity (Wildman–Crippen MR) is 85.2 cm³/mol. The van der Waals surface area contributed by atoms with Gasteiger partial charge in [0.1, 0.15) is 0 Å². The van der Waals surface area contributed by atoms with Gasteiger partial charge in [-0.25, -0.2) is 0 Å². The highest BCUT2D eigenvalue weighted by atomic mass is 79.9. The second kappa shape index (κ2) is 6.59. The maximum atomic E-state index is 12.2. The minimum Gasteiger partial charge on any atom is -0.396 e. The first kappa shape index (κ1) is 15.3. The Morgan fingerprint density at radius 3 is 2.80 bits per heavy atom. The topological polar surface area (TPSA) is 43.8 Å². The summed E-state index contributed by atoms with van der Waals surface area (Å²) in [5.41, 5.74) is 2.02. The van der Waals surface area contributed by atoms with Gasteiger partial charge in [-0.3, -0.25) is 4.79 Å². The molecule has 1 aromatic carbocycles. The molecule has 0 saturated heterocycles. The summed E-state index contributed by atoms with van der Waals surface area (Å²) in [6.07, 6.45) is 0.512. The van der Waals surface area contributed by atoms with Crippen LogP contribution in [-0.2, 0) is 4.79 Å². The molecule has 1 aromatic rings. The molecule has 20 heavy (non-hydrogen) atoms. The highest BCUT2D eigenvalue weighted by Crippen LogP contribution is 2.35. The number of amides is 1. The van der Waals surface area contributed by atoms with Crippen molar-refractivity contribution in [1.29, 1.82) is 0 Å². The predicted octanol–water partition coefficient (Wildman–Crippen LogP) is 2.64. The fourth-order valence-corrected chi connectivity index (χ4v) is 2.92. The SMILES string of the molecule is CCN1C(=O)CCN(CC(C)CO)c2cc(Br)ccc21. The molecule has 1 N–H and O–H groups in total.